The second kappa shape index (κ2) is 8.46. The van der Waals surface area contributed by atoms with Gasteiger partial charge in [0.1, 0.15) is 17.9 Å². The third-order valence-corrected chi connectivity index (χ3v) is 3.47. The van der Waals surface area contributed by atoms with Crippen molar-refractivity contribution in [1.82, 2.24) is 0 Å². The summed E-state index contributed by atoms with van der Waals surface area (Å²) >= 11 is 0. The normalized spacial score (nSPS) is 10.7. The van der Waals surface area contributed by atoms with E-state index in [1.807, 2.05) is 36.4 Å². The average molecular weight is 335 g/mol. The van der Waals surface area contributed by atoms with Crippen LogP contribution in [0.1, 0.15) is 23.6 Å². The molecule has 0 saturated carbocycles. The molecule has 126 valence electrons. The molecule has 0 atom stereocenters. The van der Waals surface area contributed by atoms with E-state index in [0.717, 1.165) is 5.56 Å². The number of Topliss-reactive ketones (excluding diaryl/α,β-unsaturated/α-hetero) is 1. The summed E-state index contributed by atoms with van der Waals surface area (Å²) in [5.41, 5.74) is 1.68. The van der Waals surface area contributed by atoms with Crippen molar-refractivity contribution in [2.45, 2.75) is 13.5 Å². The van der Waals surface area contributed by atoms with Crippen molar-refractivity contribution < 1.29 is 19.1 Å². The van der Waals surface area contributed by atoms with E-state index in [4.69, 9.17) is 14.7 Å². The number of nitrogens with zero attached hydrogens (tertiary/aromatic N) is 1. The molecule has 5 heteroatoms. The molecule has 2 aromatic carbocycles. The van der Waals surface area contributed by atoms with E-state index in [1.54, 1.807) is 18.2 Å². The molecule has 0 N–H and O–H groups in total. The first-order chi connectivity index (χ1) is 12.0. The number of carbonyl (C=O) groups excluding carboxylic acids is 2. The van der Waals surface area contributed by atoms with Gasteiger partial charge in [0.05, 0.1) is 18.7 Å². The van der Waals surface area contributed by atoms with Crippen LogP contribution in [0, 0.1) is 11.3 Å². The molecule has 0 aliphatic rings. The number of hydrogen-bond acceptors (Lipinski definition) is 5. The minimum atomic E-state index is -0.706. The predicted octanol–water partition coefficient (Wildman–Crippen LogP) is 3.28. The summed E-state index contributed by atoms with van der Waals surface area (Å²) in [6.45, 7) is 1.38. The first kappa shape index (κ1) is 18.0. The molecule has 0 bridgehead atoms. The van der Waals surface area contributed by atoms with E-state index in [0.29, 0.717) is 16.9 Å². The van der Waals surface area contributed by atoms with E-state index < -0.39 is 11.8 Å². The molecule has 25 heavy (non-hydrogen) atoms. The Morgan fingerprint density at radius 2 is 1.88 bits per heavy atom. The molecule has 0 heterocycles. The highest BCUT2D eigenvalue weighted by Gasteiger charge is 2.17. The Hall–Kier alpha value is -3.39. The zero-order valence-electron chi connectivity index (χ0n) is 14.0. The number of ketones is 1. The smallest absolute Gasteiger partial charge is 0.342 e. The molecule has 2 aromatic rings. The summed E-state index contributed by atoms with van der Waals surface area (Å²) in [6.07, 6.45) is 1.41. The number of carbonyl (C=O) groups is 2. The first-order valence-electron chi connectivity index (χ1n) is 7.57. The van der Waals surface area contributed by atoms with Gasteiger partial charge in [-0.25, -0.2) is 4.79 Å². The summed E-state index contributed by atoms with van der Waals surface area (Å²) in [5, 5.41) is 8.94. The Bertz CT molecular complexity index is 848. The zero-order valence-corrected chi connectivity index (χ0v) is 14.0. The van der Waals surface area contributed by atoms with E-state index in [2.05, 4.69) is 0 Å². The van der Waals surface area contributed by atoms with Crippen molar-refractivity contribution in [3.05, 3.63) is 70.8 Å². The van der Waals surface area contributed by atoms with Crippen LogP contribution in [0.5, 0.6) is 5.75 Å². The lowest BCUT2D eigenvalue weighted by molar-refractivity contribution is -0.141. The van der Waals surface area contributed by atoms with Crippen LogP contribution in [0.3, 0.4) is 0 Å². The Morgan fingerprint density at radius 3 is 2.48 bits per heavy atom. The maximum Gasteiger partial charge on any atom is 0.342 e. The van der Waals surface area contributed by atoms with Gasteiger partial charge in [0, 0.05) is 5.56 Å². The minimum Gasteiger partial charge on any atom is -0.496 e. The number of benzene rings is 2. The third kappa shape index (κ3) is 4.79. The Morgan fingerprint density at radius 1 is 1.16 bits per heavy atom. The number of hydrogen-bond donors (Lipinski definition) is 0. The van der Waals surface area contributed by atoms with Crippen LogP contribution >= 0.6 is 0 Å². The Kier molecular flexibility index (Phi) is 6.08. The predicted molar refractivity (Wildman–Crippen MR) is 92.6 cm³/mol. The summed E-state index contributed by atoms with van der Waals surface area (Å²) in [6, 6.07) is 15.9. The van der Waals surface area contributed by atoms with Gasteiger partial charge in [-0.1, -0.05) is 30.3 Å². The largest absolute Gasteiger partial charge is 0.496 e. The van der Waals surface area contributed by atoms with Crippen molar-refractivity contribution in [1.29, 1.82) is 5.26 Å². The number of rotatable bonds is 6. The van der Waals surface area contributed by atoms with Gasteiger partial charge in [-0.2, -0.15) is 5.26 Å². The lowest BCUT2D eigenvalue weighted by atomic mass is 10.1. The Labute approximate surface area is 146 Å². The van der Waals surface area contributed by atoms with Crippen LogP contribution in [0.15, 0.2) is 54.1 Å². The second-order valence-corrected chi connectivity index (χ2v) is 5.24. The zero-order chi connectivity index (χ0) is 18.2. The van der Waals surface area contributed by atoms with Crippen molar-refractivity contribution >= 4 is 17.8 Å². The standard InChI is InChI=1S/C20H17NO4/c1-14(22)18(20(23)25-13-15-6-4-3-5-7-15)11-17-9-8-16(12-21)10-19(17)24-2/h3-11H,13H2,1-2H3. The fourth-order valence-corrected chi connectivity index (χ4v) is 2.16. The molecule has 0 aliphatic carbocycles. The van der Waals surface area contributed by atoms with E-state index in [9.17, 15) is 9.59 Å². The van der Waals surface area contributed by atoms with Crippen molar-refractivity contribution in [3.8, 4) is 11.8 Å². The molecule has 2 rings (SSSR count). The van der Waals surface area contributed by atoms with Gasteiger partial charge < -0.3 is 9.47 Å². The maximum atomic E-state index is 12.3. The van der Waals surface area contributed by atoms with Gasteiger partial charge in [0.2, 0.25) is 0 Å². The van der Waals surface area contributed by atoms with Crippen LogP contribution < -0.4 is 4.74 Å². The van der Waals surface area contributed by atoms with Gasteiger partial charge in [-0.3, -0.25) is 4.79 Å². The lowest BCUT2D eigenvalue weighted by Crippen LogP contribution is -2.13. The number of nitriles is 1. The maximum absolute atomic E-state index is 12.3. The molecule has 5 nitrogen and oxygen atoms in total. The molecule has 0 spiro atoms. The quantitative estimate of drug-likeness (QED) is 0.350. The number of methoxy groups -OCH3 is 1. The highest BCUT2D eigenvalue weighted by Crippen LogP contribution is 2.23. The van der Waals surface area contributed by atoms with Crippen LogP contribution in [-0.2, 0) is 20.9 Å². The molecule has 0 aromatic heterocycles. The fraction of sp³-hybridized carbons (Fsp3) is 0.150. The second-order valence-electron chi connectivity index (χ2n) is 5.24. The number of esters is 1. The first-order valence-corrected chi connectivity index (χ1v) is 7.57. The van der Waals surface area contributed by atoms with Crippen LogP contribution in [0.25, 0.3) is 6.08 Å². The molecule has 0 unspecified atom stereocenters. The topological polar surface area (TPSA) is 76.4 Å². The van der Waals surface area contributed by atoms with Gasteiger partial charge in [-0.05, 0) is 36.8 Å². The van der Waals surface area contributed by atoms with Crippen LogP contribution in [-0.4, -0.2) is 18.9 Å². The molecule has 0 saturated heterocycles. The van der Waals surface area contributed by atoms with Gasteiger partial charge in [-0.15, -0.1) is 0 Å². The summed E-state index contributed by atoms with van der Waals surface area (Å²) in [4.78, 5) is 24.1. The van der Waals surface area contributed by atoms with Crippen molar-refractivity contribution in [3.63, 3.8) is 0 Å². The monoisotopic (exact) mass is 335 g/mol. The van der Waals surface area contributed by atoms with Crippen molar-refractivity contribution in [2.75, 3.05) is 7.11 Å². The minimum absolute atomic E-state index is 0.0782. The SMILES string of the molecule is COc1cc(C#N)ccc1C=C(C(C)=O)C(=O)OCc1ccccc1. The highest BCUT2D eigenvalue weighted by atomic mass is 16.5. The lowest BCUT2D eigenvalue weighted by Gasteiger charge is -2.09. The molecular formula is C20H17NO4. The van der Waals surface area contributed by atoms with Crippen LogP contribution in [0.2, 0.25) is 0 Å². The Balaban J connectivity index is 2.25. The van der Waals surface area contributed by atoms with Crippen LogP contribution in [0.4, 0.5) is 0 Å². The average Bonchev–Trinajstić information content (AvgIpc) is 2.64. The summed E-state index contributed by atoms with van der Waals surface area (Å²) in [5.74, 6) is -0.721. The fourth-order valence-electron chi connectivity index (χ4n) is 2.16. The van der Waals surface area contributed by atoms with Gasteiger partial charge in [0.25, 0.3) is 0 Å². The molecule has 0 radical (unpaired) electrons. The van der Waals surface area contributed by atoms with Gasteiger partial charge in [0.15, 0.2) is 5.78 Å². The van der Waals surface area contributed by atoms with E-state index in [-0.39, 0.29) is 12.2 Å². The van der Waals surface area contributed by atoms with Crippen molar-refractivity contribution in [2.24, 2.45) is 0 Å². The third-order valence-electron chi connectivity index (χ3n) is 3.47. The van der Waals surface area contributed by atoms with E-state index >= 15 is 0 Å². The van der Waals surface area contributed by atoms with E-state index in [1.165, 1.54) is 20.1 Å². The summed E-state index contributed by atoms with van der Waals surface area (Å²) in [7, 11) is 1.45. The molecular weight excluding hydrogens is 318 g/mol. The molecule has 0 aliphatic heterocycles. The summed E-state index contributed by atoms with van der Waals surface area (Å²) < 4.78 is 10.4. The van der Waals surface area contributed by atoms with Gasteiger partial charge >= 0.3 is 5.97 Å². The molecule has 0 fully saturated rings. The highest BCUT2D eigenvalue weighted by molar-refractivity contribution is 6.19. The molecule has 0 amide bonds. The number of ether oxygens (including phenoxy) is 2.